The van der Waals surface area contributed by atoms with E-state index in [-0.39, 0.29) is 25.8 Å². The normalized spacial score (nSPS) is 16.9. The first-order chi connectivity index (χ1) is 30.8. The summed E-state index contributed by atoms with van der Waals surface area (Å²) in [5.41, 5.74) is 8.20. The predicted molar refractivity (Wildman–Crippen MR) is 251 cm³/mol. The van der Waals surface area contributed by atoms with Crippen LogP contribution in [0.1, 0.15) is 86.8 Å². The molecule has 356 valence electrons. The van der Waals surface area contributed by atoms with E-state index in [0.29, 0.717) is 23.5 Å². The van der Waals surface area contributed by atoms with Gasteiger partial charge in [0.1, 0.15) is 53.8 Å². The van der Waals surface area contributed by atoms with E-state index in [1.807, 2.05) is 42.5 Å². The molecule has 1 saturated heterocycles. The number of carbonyl (C=O) groups is 6. The van der Waals surface area contributed by atoms with E-state index in [0.717, 1.165) is 15.7 Å². The number of fused-ring (bicyclic) bond motifs is 1. The van der Waals surface area contributed by atoms with Crippen LogP contribution in [0.2, 0.25) is 0 Å². The van der Waals surface area contributed by atoms with Crippen LogP contribution in [0.4, 0.5) is 4.79 Å². The summed E-state index contributed by atoms with van der Waals surface area (Å²) in [5, 5.41) is 14.2. The van der Waals surface area contributed by atoms with E-state index >= 15 is 0 Å². The third-order valence-corrected chi connectivity index (χ3v) is 10.7. The molecule has 66 heavy (non-hydrogen) atoms. The standard InChI is InChI=1S/C49H66N8O9/c1-13-24-64-36-22-19-31(20-23-36)26-38(45(62)65-48(6,7)8)52-42(59)37(27-32-18-21-33-16-14-15-17-34(33)25-32)51-43(60)39-28-35(54-55-50)29-57(39)44(61)40(47(3,4)5)53-41(58)30(2)56(12)46(63)66-49(9,10)11/h13-23,25,30,35,37-40H,1,24,26-29H2,2-12H3,(H,51,60)(H,52,59)(H,53,58)/t30-,35-,37-,38-,39-,40+/m0/s1. The van der Waals surface area contributed by atoms with Crippen molar-refractivity contribution in [1.29, 1.82) is 0 Å². The van der Waals surface area contributed by atoms with Crippen molar-refractivity contribution in [2.24, 2.45) is 10.5 Å². The zero-order valence-electron chi connectivity index (χ0n) is 40.0. The van der Waals surface area contributed by atoms with Crippen molar-refractivity contribution < 1.29 is 43.0 Å². The molecule has 6 atom stereocenters. The number of esters is 1. The maximum Gasteiger partial charge on any atom is 0.410 e. The minimum absolute atomic E-state index is 0.0110. The molecule has 0 aliphatic carbocycles. The Bertz CT molecular complexity index is 2290. The zero-order valence-corrected chi connectivity index (χ0v) is 40.0. The highest BCUT2D eigenvalue weighted by Gasteiger charge is 2.46. The molecule has 1 heterocycles. The Morgan fingerprint density at radius 3 is 2.03 bits per heavy atom. The van der Waals surface area contributed by atoms with Crippen molar-refractivity contribution >= 4 is 46.5 Å². The third-order valence-electron chi connectivity index (χ3n) is 10.7. The molecule has 0 aromatic heterocycles. The average Bonchev–Trinajstić information content (AvgIpc) is 3.66. The van der Waals surface area contributed by atoms with Gasteiger partial charge in [0.25, 0.3) is 0 Å². The zero-order chi connectivity index (χ0) is 49.1. The van der Waals surface area contributed by atoms with Crippen LogP contribution in [-0.4, -0.2) is 113 Å². The molecule has 0 unspecified atom stereocenters. The van der Waals surface area contributed by atoms with Gasteiger partial charge in [0.15, 0.2) is 0 Å². The highest BCUT2D eigenvalue weighted by Crippen LogP contribution is 2.28. The lowest BCUT2D eigenvalue weighted by Gasteiger charge is -2.37. The maximum absolute atomic E-state index is 14.7. The van der Waals surface area contributed by atoms with Crippen LogP contribution in [-0.2, 0) is 46.3 Å². The van der Waals surface area contributed by atoms with Crippen molar-refractivity contribution in [3.05, 3.63) is 101 Å². The van der Waals surface area contributed by atoms with Crippen LogP contribution in [0.25, 0.3) is 21.2 Å². The number of azide groups is 1. The summed E-state index contributed by atoms with van der Waals surface area (Å²) in [7, 11) is 1.41. The minimum Gasteiger partial charge on any atom is -0.490 e. The Morgan fingerprint density at radius 2 is 1.44 bits per heavy atom. The monoisotopic (exact) mass is 910 g/mol. The Balaban J connectivity index is 1.68. The number of hydrogen-bond acceptors (Lipinski definition) is 10. The van der Waals surface area contributed by atoms with Crippen molar-refractivity contribution in [1.82, 2.24) is 25.8 Å². The highest BCUT2D eigenvalue weighted by molar-refractivity contribution is 5.97. The second-order valence-corrected chi connectivity index (χ2v) is 19.7. The molecular weight excluding hydrogens is 845 g/mol. The van der Waals surface area contributed by atoms with Crippen molar-refractivity contribution in [2.75, 3.05) is 20.2 Å². The van der Waals surface area contributed by atoms with Gasteiger partial charge in [-0.25, -0.2) is 9.59 Å². The van der Waals surface area contributed by atoms with Gasteiger partial charge >= 0.3 is 12.1 Å². The molecule has 1 aliphatic heterocycles. The molecule has 4 rings (SSSR count). The number of amides is 5. The fourth-order valence-corrected chi connectivity index (χ4v) is 7.24. The number of hydrogen-bond donors (Lipinski definition) is 3. The Labute approximate surface area is 387 Å². The Morgan fingerprint density at radius 1 is 0.833 bits per heavy atom. The quantitative estimate of drug-likeness (QED) is 0.0438. The van der Waals surface area contributed by atoms with Gasteiger partial charge in [-0.15, -0.1) is 0 Å². The number of rotatable bonds is 17. The first-order valence-corrected chi connectivity index (χ1v) is 22.0. The van der Waals surface area contributed by atoms with Gasteiger partial charge in [0.05, 0.1) is 6.04 Å². The second-order valence-electron chi connectivity index (χ2n) is 19.7. The fourth-order valence-electron chi connectivity index (χ4n) is 7.24. The van der Waals surface area contributed by atoms with Gasteiger partial charge in [-0.05, 0) is 99.9 Å². The largest absolute Gasteiger partial charge is 0.490 e. The van der Waals surface area contributed by atoms with E-state index in [1.165, 1.54) is 18.9 Å². The van der Waals surface area contributed by atoms with Crippen LogP contribution < -0.4 is 20.7 Å². The number of likely N-dealkylation sites (N-methyl/N-ethyl adjacent to an activating group) is 1. The summed E-state index contributed by atoms with van der Waals surface area (Å²) in [6.45, 7) is 20.8. The topological polar surface area (TPSA) is 221 Å². The van der Waals surface area contributed by atoms with Crippen molar-refractivity contribution in [3.8, 4) is 5.75 Å². The van der Waals surface area contributed by atoms with Gasteiger partial charge < -0.3 is 35.1 Å². The van der Waals surface area contributed by atoms with Gasteiger partial charge in [0, 0.05) is 31.3 Å². The van der Waals surface area contributed by atoms with Crippen molar-refractivity contribution in [2.45, 2.75) is 136 Å². The second kappa shape index (κ2) is 22.1. The summed E-state index contributed by atoms with van der Waals surface area (Å²) < 4.78 is 16.8. The maximum atomic E-state index is 14.7. The van der Waals surface area contributed by atoms with E-state index in [9.17, 15) is 34.3 Å². The molecule has 3 aromatic rings. The Hall–Kier alpha value is -6.61. The molecule has 0 radical (unpaired) electrons. The molecule has 3 N–H and O–H groups in total. The van der Waals surface area contributed by atoms with E-state index in [1.54, 1.807) is 92.7 Å². The van der Waals surface area contributed by atoms with E-state index in [4.69, 9.17) is 14.2 Å². The number of nitrogens with one attached hydrogen (secondary N) is 3. The van der Waals surface area contributed by atoms with Gasteiger partial charge in [-0.1, -0.05) is 93.1 Å². The van der Waals surface area contributed by atoms with Gasteiger partial charge in [-0.3, -0.25) is 24.1 Å². The number of likely N-dealkylation sites (tertiary alicyclic amines) is 1. The van der Waals surface area contributed by atoms with Crippen LogP contribution in [0.3, 0.4) is 0 Å². The smallest absolute Gasteiger partial charge is 0.410 e. The van der Waals surface area contributed by atoms with Gasteiger partial charge in [-0.2, -0.15) is 0 Å². The SMILES string of the molecule is C=CCOc1ccc(C[C@H](NC(=O)[C@H](Cc2ccc3ccccc3c2)NC(=O)[C@@H]2C[C@H](N=[N+]=[N-])CN2C(=O)[C@@H](NC(=O)[C@H](C)N(C)C(=O)OC(C)(C)C)C(C)(C)C)C(=O)OC(C)(C)C)cc1. The molecule has 1 aliphatic rings. The van der Waals surface area contributed by atoms with Crippen molar-refractivity contribution in [3.63, 3.8) is 0 Å². The third kappa shape index (κ3) is 15.0. The first kappa shape index (κ1) is 52.0. The molecule has 0 spiro atoms. The number of carbonyl (C=O) groups excluding carboxylic acids is 6. The summed E-state index contributed by atoms with van der Waals surface area (Å²) >= 11 is 0. The molecule has 17 nitrogen and oxygen atoms in total. The number of ether oxygens (including phenoxy) is 3. The predicted octanol–water partition coefficient (Wildman–Crippen LogP) is 6.57. The molecule has 0 saturated carbocycles. The fraction of sp³-hybridized carbons (Fsp3) is 0.510. The minimum atomic E-state index is -1.28. The summed E-state index contributed by atoms with van der Waals surface area (Å²) in [6.07, 6.45) is 0.839. The highest BCUT2D eigenvalue weighted by atomic mass is 16.6. The van der Waals surface area contributed by atoms with Crippen LogP contribution in [0.15, 0.2) is 84.5 Å². The molecule has 1 fully saturated rings. The number of nitrogens with zero attached hydrogens (tertiary/aromatic N) is 5. The summed E-state index contributed by atoms with van der Waals surface area (Å²) in [6, 6.07) is 13.6. The molecular formula is C49H66N8O9. The summed E-state index contributed by atoms with van der Waals surface area (Å²) in [4.78, 5) is 89.5. The first-order valence-electron chi connectivity index (χ1n) is 22.0. The van der Waals surface area contributed by atoms with E-state index in [2.05, 4.69) is 32.6 Å². The van der Waals surface area contributed by atoms with Crippen LogP contribution in [0.5, 0.6) is 5.75 Å². The molecule has 3 aromatic carbocycles. The Kier molecular flexibility index (Phi) is 17.4. The van der Waals surface area contributed by atoms with E-state index < -0.39 is 88.6 Å². The van der Waals surface area contributed by atoms with Gasteiger partial charge in [0.2, 0.25) is 23.6 Å². The molecule has 0 bridgehead atoms. The lowest BCUT2D eigenvalue weighted by Crippen LogP contribution is -2.61. The molecule has 17 heteroatoms. The average molecular weight is 911 g/mol. The van der Waals surface area contributed by atoms with Crippen LogP contribution >= 0.6 is 0 Å². The van der Waals surface area contributed by atoms with Crippen LogP contribution in [0, 0.1) is 5.41 Å². The lowest BCUT2D eigenvalue weighted by molar-refractivity contribution is -0.158. The lowest BCUT2D eigenvalue weighted by atomic mass is 9.85. The summed E-state index contributed by atoms with van der Waals surface area (Å²) in [5.74, 6) is -2.80. The number of benzene rings is 3. The molecule has 5 amide bonds.